The van der Waals surface area contributed by atoms with Crippen LogP contribution in [-0.4, -0.2) is 39.5 Å². The fourth-order valence-electron chi connectivity index (χ4n) is 2.71. The standard InChI is InChI=1S/C18H20N2O3S/c1-12-5-13-6-15(18(21)17(9-19)10-20(2)3)7-14(13)8-16(12)11-24(4,22)23/h5-6,8,10H,7,11H2,1-4H3. The van der Waals surface area contributed by atoms with Crippen LogP contribution in [0.2, 0.25) is 0 Å². The molecule has 0 aliphatic heterocycles. The summed E-state index contributed by atoms with van der Waals surface area (Å²) >= 11 is 0. The van der Waals surface area contributed by atoms with Crippen molar-refractivity contribution in [1.82, 2.24) is 4.90 Å². The van der Waals surface area contributed by atoms with E-state index >= 15 is 0 Å². The Balaban J connectivity index is 2.33. The molecule has 126 valence electrons. The number of hydrogen-bond donors (Lipinski definition) is 0. The predicted molar refractivity (Wildman–Crippen MR) is 93.8 cm³/mol. The normalized spacial score (nSPS) is 14.0. The number of rotatable bonds is 5. The summed E-state index contributed by atoms with van der Waals surface area (Å²) in [6.45, 7) is 1.86. The van der Waals surface area contributed by atoms with E-state index in [1.165, 1.54) is 12.5 Å². The summed E-state index contributed by atoms with van der Waals surface area (Å²) in [5.74, 6) is -0.302. The highest BCUT2D eigenvalue weighted by molar-refractivity contribution is 7.89. The second kappa shape index (κ2) is 6.62. The number of hydrogen-bond acceptors (Lipinski definition) is 5. The van der Waals surface area contributed by atoms with Gasteiger partial charge in [-0.25, -0.2) is 8.42 Å². The number of ketones is 1. The van der Waals surface area contributed by atoms with Crippen LogP contribution < -0.4 is 0 Å². The number of carbonyl (C=O) groups is 1. The smallest absolute Gasteiger partial charge is 0.201 e. The summed E-state index contributed by atoms with van der Waals surface area (Å²) < 4.78 is 23.1. The maximum Gasteiger partial charge on any atom is 0.201 e. The highest BCUT2D eigenvalue weighted by Crippen LogP contribution is 2.30. The van der Waals surface area contributed by atoms with E-state index in [0.29, 0.717) is 12.0 Å². The molecule has 0 amide bonds. The number of Topliss-reactive ketones (excluding diaryl/α,β-unsaturated/α-hetero) is 1. The lowest BCUT2D eigenvalue weighted by molar-refractivity contribution is -0.111. The first-order chi connectivity index (χ1) is 11.1. The zero-order chi connectivity index (χ0) is 18.1. The lowest BCUT2D eigenvalue weighted by Gasteiger charge is -2.08. The number of nitriles is 1. The molecule has 0 unspecified atom stereocenters. The van der Waals surface area contributed by atoms with Gasteiger partial charge in [-0.3, -0.25) is 4.79 Å². The molecule has 0 fully saturated rings. The van der Waals surface area contributed by atoms with E-state index in [9.17, 15) is 18.5 Å². The zero-order valence-electron chi connectivity index (χ0n) is 14.3. The maximum atomic E-state index is 12.5. The van der Waals surface area contributed by atoms with E-state index in [-0.39, 0.29) is 17.1 Å². The van der Waals surface area contributed by atoms with Gasteiger partial charge in [0, 0.05) is 38.5 Å². The third kappa shape index (κ3) is 4.12. The molecule has 6 heteroatoms. The number of fused-ring (bicyclic) bond motifs is 1. The first kappa shape index (κ1) is 18.0. The molecule has 1 aromatic rings. The predicted octanol–water partition coefficient (Wildman–Crippen LogP) is 2.02. The molecule has 2 rings (SSSR count). The third-order valence-corrected chi connectivity index (χ3v) is 4.61. The largest absolute Gasteiger partial charge is 0.382 e. The Bertz CT molecular complexity index is 901. The number of carbonyl (C=O) groups excluding carboxylic acids is 1. The molecule has 0 heterocycles. The molecule has 1 aliphatic carbocycles. The van der Waals surface area contributed by atoms with Gasteiger partial charge in [-0.15, -0.1) is 0 Å². The molecular weight excluding hydrogens is 324 g/mol. The Hall–Kier alpha value is -2.39. The zero-order valence-corrected chi connectivity index (χ0v) is 15.1. The SMILES string of the molecule is Cc1cc2c(cc1CS(C)(=O)=O)CC(C(=O)C(C#N)=CN(C)C)=C2. The van der Waals surface area contributed by atoms with Gasteiger partial charge in [-0.2, -0.15) is 5.26 Å². The van der Waals surface area contributed by atoms with Gasteiger partial charge in [0.1, 0.15) is 11.6 Å². The van der Waals surface area contributed by atoms with E-state index in [1.807, 2.05) is 25.1 Å². The fraction of sp³-hybridized carbons (Fsp3) is 0.333. The van der Waals surface area contributed by atoms with Gasteiger partial charge >= 0.3 is 0 Å². The minimum atomic E-state index is -3.12. The summed E-state index contributed by atoms with van der Waals surface area (Å²) in [4.78, 5) is 14.2. The van der Waals surface area contributed by atoms with Crippen molar-refractivity contribution >= 4 is 21.7 Å². The number of benzene rings is 1. The van der Waals surface area contributed by atoms with Crippen molar-refractivity contribution in [1.29, 1.82) is 5.26 Å². The van der Waals surface area contributed by atoms with Crippen LogP contribution in [-0.2, 0) is 26.8 Å². The molecule has 0 N–H and O–H groups in total. The summed E-state index contributed by atoms with van der Waals surface area (Å²) in [5, 5.41) is 9.18. The minimum absolute atomic E-state index is 0.0145. The van der Waals surface area contributed by atoms with Crippen LogP contribution >= 0.6 is 0 Å². The molecule has 5 nitrogen and oxygen atoms in total. The maximum absolute atomic E-state index is 12.5. The number of aryl methyl sites for hydroxylation is 1. The molecule has 0 bridgehead atoms. The first-order valence-electron chi connectivity index (χ1n) is 7.44. The Morgan fingerprint density at radius 3 is 2.58 bits per heavy atom. The topological polar surface area (TPSA) is 78.2 Å². The first-order valence-corrected chi connectivity index (χ1v) is 9.50. The molecule has 0 radical (unpaired) electrons. The van der Waals surface area contributed by atoms with Gasteiger partial charge in [-0.05, 0) is 35.3 Å². The quantitative estimate of drug-likeness (QED) is 0.603. The van der Waals surface area contributed by atoms with Crippen LogP contribution in [0.15, 0.2) is 29.5 Å². The monoisotopic (exact) mass is 344 g/mol. The van der Waals surface area contributed by atoms with Crippen molar-refractivity contribution in [2.24, 2.45) is 0 Å². The van der Waals surface area contributed by atoms with E-state index in [4.69, 9.17) is 0 Å². The summed E-state index contributed by atoms with van der Waals surface area (Å²) in [5.41, 5.74) is 4.11. The molecular formula is C18H20N2O3S. The second-order valence-electron chi connectivity index (χ2n) is 6.34. The highest BCUT2D eigenvalue weighted by Gasteiger charge is 2.23. The van der Waals surface area contributed by atoms with Crippen molar-refractivity contribution in [3.63, 3.8) is 0 Å². The van der Waals surface area contributed by atoms with E-state index in [2.05, 4.69) is 0 Å². The van der Waals surface area contributed by atoms with Crippen LogP contribution in [0.5, 0.6) is 0 Å². The lowest BCUT2D eigenvalue weighted by Crippen LogP contribution is -2.10. The molecule has 0 atom stereocenters. The highest BCUT2D eigenvalue weighted by atomic mass is 32.2. The summed E-state index contributed by atoms with van der Waals surface area (Å²) in [7, 11) is 0.387. The lowest BCUT2D eigenvalue weighted by atomic mass is 10.0. The Morgan fingerprint density at radius 1 is 1.38 bits per heavy atom. The van der Waals surface area contributed by atoms with E-state index in [0.717, 1.165) is 22.3 Å². The van der Waals surface area contributed by atoms with Gasteiger partial charge < -0.3 is 4.90 Å². The summed E-state index contributed by atoms with van der Waals surface area (Å²) in [6, 6.07) is 5.69. The van der Waals surface area contributed by atoms with Crippen LogP contribution in [0.25, 0.3) is 6.08 Å². The number of allylic oxidation sites excluding steroid dienone is 2. The van der Waals surface area contributed by atoms with Crippen LogP contribution in [0, 0.1) is 18.3 Å². The van der Waals surface area contributed by atoms with Crippen LogP contribution in [0.1, 0.15) is 22.3 Å². The van der Waals surface area contributed by atoms with Crippen LogP contribution in [0.4, 0.5) is 0 Å². The molecule has 0 saturated heterocycles. The van der Waals surface area contributed by atoms with Crippen molar-refractivity contribution in [3.8, 4) is 6.07 Å². The third-order valence-electron chi connectivity index (χ3n) is 3.77. The van der Waals surface area contributed by atoms with Gasteiger partial charge in [-0.1, -0.05) is 12.1 Å². The van der Waals surface area contributed by atoms with E-state index < -0.39 is 9.84 Å². The average molecular weight is 344 g/mol. The van der Waals surface area contributed by atoms with Gasteiger partial charge in [0.05, 0.1) is 5.75 Å². The van der Waals surface area contributed by atoms with Crippen molar-refractivity contribution < 1.29 is 13.2 Å². The Labute approximate surface area is 142 Å². The molecule has 0 spiro atoms. The molecule has 1 aliphatic rings. The van der Waals surface area contributed by atoms with Gasteiger partial charge in [0.15, 0.2) is 9.84 Å². The van der Waals surface area contributed by atoms with E-state index in [1.54, 1.807) is 25.1 Å². The molecule has 0 aromatic heterocycles. The molecule has 1 aromatic carbocycles. The Kier molecular flexibility index (Phi) is 4.95. The van der Waals surface area contributed by atoms with Gasteiger partial charge in [0.2, 0.25) is 5.78 Å². The number of nitrogens with zero attached hydrogens (tertiary/aromatic N) is 2. The summed E-state index contributed by atoms with van der Waals surface area (Å²) in [6.07, 6.45) is 4.91. The average Bonchev–Trinajstić information content (AvgIpc) is 2.85. The van der Waals surface area contributed by atoms with Crippen molar-refractivity contribution in [3.05, 3.63) is 51.7 Å². The van der Waals surface area contributed by atoms with Crippen LogP contribution in [0.3, 0.4) is 0 Å². The van der Waals surface area contributed by atoms with Gasteiger partial charge in [0.25, 0.3) is 0 Å². The van der Waals surface area contributed by atoms with Crippen molar-refractivity contribution in [2.75, 3.05) is 20.4 Å². The molecule has 0 saturated carbocycles. The number of sulfone groups is 1. The second-order valence-corrected chi connectivity index (χ2v) is 8.48. The van der Waals surface area contributed by atoms with Crippen molar-refractivity contribution in [2.45, 2.75) is 19.1 Å². The fourth-order valence-corrected chi connectivity index (χ4v) is 3.59. The molecule has 24 heavy (non-hydrogen) atoms. The minimum Gasteiger partial charge on any atom is -0.382 e. The Morgan fingerprint density at radius 2 is 2.04 bits per heavy atom.